The van der Waals surface area contributed by atoms with Crippen LogP contribution in [0.2, 0.25) is 0 Å². The number of imidazole rings is 1. The summed E-state index contributed by atoms with van der Waals surface area (Å²) in [7, 11) is 1.74. The van der Waals surface area contributed by atoms with Gasteiger partial charge in [-0.3, -0.25) is 18.9 Å². The van der Waals surface area contributed by atoms with Gasteiger partial charge in [-0.2, -0.15) is 0 Å². The van der Waals surface area contributed by atoms with Crippen LogP contribution in [0.25, 0.3) is 21.9 Å². The van der Waals surface area contributed by atoms with Gasteiger partial charge in [0.1, 0.15) is 0 Å². The van der Waals surface area contributed by atoms with Crippen LogP contribution in [-0.4, -0.2) is 20.0 Å². The number of nitrogens with one attached hydrogen (secondary N) is 1. The maximum Gasteiger partial charge on any atom is 0.328 e. The number of anilines is 1. The molecule has 0 saturated heterocycles. The van der Waals surface area contributed by atoms with Gasteiger partial charge in [-0.05, 0) is 24.3 Å². The Bertz CT molecular complexity index is 1170. The van der Waals surface area contributed by atoms with E-state index in [-0.39, 0.29) is 18.0 Å². The monoisotopic (exact) mass is 346 g/mol. The van der Waals surface area contributed by atoms with Crippen LogP contribution in [0.5, 0.6) is 0 Å². The molecular weight excluding hydrogens is 328 g/mol. The standard InChI is InChI=1S/C20H18N4O2/c1-23-17-8-4-5-9-18(17)24(20(23)26)11-10-19(25)22-15-12-14-6-2-3-7-16(14)21-13-15/h2-9,12-13H,10-11H2,1H3,(H,22,25). The Morgan fingerprint density at radius 3 is 2.65 bits per heavy atom. The number of rotatable bonds is 4. The number of amides is 1. The highest BCUT2D eigenvalue weighted by Crippen LogP contribution is 2.16. The summed E-state index contributed by atoms with van der Waals surface area (Å²) in [6, 6.07) is 17.2. The van der Waals surface area contributed by atoms with Crippen molar-refractivity contribution < 1.29 is 4.79 Å². The van der Waals surface area contributed by atoms with Crippen LogP contribution in [0.15, 0.2) is 65.6 Å². The Hall–Kier alpha value is -3.41. The third-order valence-electron chi connectivity index (χ3n) is 4.49. The van der Waals surface area contributed by atoms with Crippen LogP contribution in [0.3, 0.4) is 0 Å². The highest BCUT2D eigenvalue weighted by molar-refractivity contribution is 5.93. The van der Waals surface area contributed by atoms with E-state index >= 15 is 0 Å². The van der Waals surface area contributed by atoms with Crippen molar-refractivity contribution in [3.63, 3.8) is 0 Å². The molecular formula is C20H18N4O2. The summed E-state index contributed by atoms with van der Waals surface area (Å²) in [5.41, 5.74) is 3.11. The Kier molecular flexibility index (Phi) is 4.01. The van der Waals surface area contributed by atoms with Gasteiger partial charge in [-0.1, -0.05) is 30.3 Å². The van der Waals surface area contributed by atoms with E-state index in [0.29, 0.717) is 12.2 Å². The number of fused-ring (bicyclic) bond motifs is 2. The van der Waals surface area contributed by atoms with Crippen molar-refractivity contribution in [1.29, 1.82) is 0 Å². The zero-order chi connectivity index (χ0) is 18.1. The number of benzene rings is 2. The van der Waals surface area contributed by atoms with Gasteiger partial charge in [-0.15, -0.1) is 0 Å². The van der Waals surface area contributed by atoms with Crippen LogP contribution >= 0.6 is 0 Å². The average Bonchev–Trinajstić information content (AvgIpc) is 2.91. The number of aryl methyl sites for hydroxylation is 2. The number of hydrogen-bond donors (Lipinski definition) is 1. The van der Waals surface area contributed by atoms with Gasteiger partial charge in [0.25, 0.3) is 0 Å². The SMILES string of the molecule is Cn1c(=O)n(CCC(=O)Nc2cnc3ccccc3c2)c2ccccc21. The van der Waals surface area contributed by atoms with E-state index in [1.807, 2.05) is 54.6 Å². The predicted octanol–water partition coefficient (Wildman–Crippen LogP) is 2.92. The lowest BCUT2D eigenvalue weighted by atomic mass is 10.2. The highest BCUT2D eigenvalue weighted by Gasteiger charge is 2.11. The summed E-state index contributed by atoms with van der Waals surface area (Å²) in [5, 5.41) is 3.82. The molecule has 0 aliphatic rings. The number of carbonyl (C=O) groups excluding carboxylic acids is 1. The summed E-state index contributed by atoms with van der Waals surface area (Å²) < 4.78 is 3.23. The molecule has 0 fully saturated rings. The van der Waals surface area contributed by atoms with E-state index in [4.69, 9.17) is 0 Å². The molecule has 4 rings (SSSR count). The fraction of sp³-hybridized carbons (Fsp3) is 0.150. The van der Waals surface area contributed by atoms with E-state index in [0.717, 1.165) is 21.9 Å². The van der Waals surface area contributed by atoms with Crippen LogP contribution in [0.4, 0.5) is 5.69 Å². The minimum absolute atomic E-state index is 0.119. The molecule has 1 amide bonds. The molecule has 0 aliphatic carbocycles. The Balaban J connectivity index is 1.50. The fourth-order valence-electron chi connectivity index (χ4n) is 3.16. The van der Waals surface area contributed by atoms with E-state index in [2.05, 4.69) is 10.3 Å². The Labute approximate surface area is 149 Å². The van der Waals surface area contributed by atoms with Crippen LogP contribution < -0.4 is 11.0 Å². The number of pyridine rings is 1. The minimum atomic E-state index is -0.151. The Morgan fingerprint density at radius 2 is 1.81 bits per heavy atom. The average molecular weight is 346 g/mol. The molecule has 0 saturated carbocycles. The summed E-state index contributed by atoms with van der Waals surface area (Å²) in [6.45, 7) is 0.326. The van der Waals surface area contributed by atoms with Gasteiger partial charge in [-0.25, -0.2) is 4.79 Å². The molecule has 4 aromatic rings. The molecule has 0 unspecified atom stereocenters. The van der Waals surface area contributed by atoms with Gasteiger partial charge < -0.3 is 5.32 Å². The lowest BCUT2D eigenvalue weighted by Gasteiger charge is -2.07. The lowest BCUT2D eigenvalue weighted by molar-refractivity contribution is -0.116. The second-order valence-corrected chi connectivity index (χ2v) is 6.20. The molecule has 0 spiro atoms. The van der Waals surface area contributed by atoms with Gasteiger partial charge in [0.05, 0.1) is 28.4 Å². The van der Waals surface area contributed by atoms with Gasteiger partial charge in [0.2, 0.25) is 5.91 Å². The van der Waals surface area contributed by atoms with Gasteiger partial charge >= 0.3 is 5.69 Å². The van der Waals surface area contributed by atoms with Crippen molar-refractivity contribution in [2.45, 2.75) is 13.0 Å². The first-order valence-electron chi connectivity index (χ1n) is 8.42. The molecule has 2 aromatic heterocycles. The van der Waals surface area contributed by atoms with Crippen molar-refractivity contribution in [3.8, 4) is 0 Å². The van der Waals surface area contributed by atoms with Crippen LogP contribution in [-0.2, 0) is 18.4 Å². The van der Waals surface area contributed by atoms with Crippen LogP contribution in [0.1, 0.15) is 6.42 Å². The van der Waals surface area contributed by atoms with Crippen molar-refractivity contribution in [1.82, 2.24) is 14.1 Å². The van der Waals surface area contributed by atoms with E-state index in [1.165, 1.54) is 0 Å². The molecule has 0 radical (unpaired) electrons. The van der Waals surface area contributed by atoms with Crippen molar-refractivity contribution in [2.75, 3.05) is 5.32 Å². The second-order valence-electron chi connectivity index (χ2n) is 6.20. The lowest BCUT2D eigenvalue weighted by Crippen LogP contribution is -2.24. The summed E-state index contributed by atoms with van der Waals surface area (Å²) in [4.78, 5) is 29.0. The highest BCUT2D eigenvalue weighted by atomic mass is 16.2. The largest absolute Gasteiger partial charge is 0.328 e. The Morgan fingerprint density at radius 1 is 1.08 bits per heavy atom. The smallest absolute Gasteiger partial charge is 0.325 e. The molecule has 0 aliphatic heterocycles. The second kappa shape index (κ2) is 6.48. The molecule has 2 heterocycles. The number of hydrogen-bond acceptors (Lipinski definition) is 3. The molecule has 2 aromatic carbocycles. The van der Waals surface area contributed by atoms with Gasteiger partial charge in [0, 0.05) is 25.4 Å². The fourth-order valence-corrected chi connectivity index (χ4v) is 3.16. The van der Waals surface area contributed by atoms with E-state index in [1.54, 1.807) is 22.4 Å². The zero-order valence-electron chi connectivity index (χ0n) is 14.3. The number of para-hydroxylation sites is 3. The number of carbonyl (C=O) groups is 1. The third kappa shape index (κ3) is 2.86. The first-order valence-corrected chi connectivity index (χ1v) is 8.42. The molecule has 1 N–H and O–H groups in total. The first-order chi connectivity index (χ1) is 12.6. The zero-order valence-corrected chi connectivity index (χ0v) is 14.3. The molecule has 0 bridgehead atoms. The number of aromatic nitrogens is 3. The third-order valence-corrected chi connectivity index (χ3v) is 4.49. The van der Waals surface area contributed by atoms with Crippen molar-refractivity contribution >= 4 is 33.5 Å². The molecule has 6 heteroatoms. The quantitative estimate of drug-likeness (QED) is 0.618. The van der Waals surface area contributed by atoms with Crippen molar-refractivity contribution in [3.05, 3.63) is 71.3 Å². The molecule has 26 heavy (non-hydrogen) atoms. The maximum absolute atomic E-state index is 12.4. The van der Waals surface area contributed by atoms with Crippen LogP contribution in [0, 0.1) is 0 Å². The predicted molar refractivity (Wildman–Crippen MR) is 102 cm³/mol. The minimum Gasteiger partial charge on any atom is -0.325 e. The number of nitrogens with zero attached hydrogens (tertiary/aromatic N) is 3. The summed E-state index contributed by atoms with van der Waals surface area (Å²) >= 11 is 0. The summed E-state index contributed by atoms with van der Waals surface area (Å²) in [6.07, 6.45) is 1.85. The molecule has 0 atom stereocenters. The maximum atomic E-state index is 12.4. The normalized spacial score (nSPS) is 11.1. The van der Waals surface area contributed by atoms with Crippen molar-refractivity contribution in [2.24, 2.45) is 7.05 Å². The molecule has 130 valence electrons. The van der Waals surface area contributed by atoms with E-state index in [9.17, 15) is 9.59 Å². The van der Waals surface area contributed by atoms with E-state index < -0.39 is 0 Å². The topological polar surface area (TPSA) is 68.9 Å². The molecule has 6 nitrogen and oxygen atoms in total. The first kappa shape index (κ1) is 16.1. The van der Waals surface area contributed by atoms with Gasteiger partial charge in [0.15, 0.2) is 0 Å². The summed E-state index contributed by atoms with van der Waals surface area (Å²) in [5.74, 6) is -0.151.